The van der Waals surface area contributed by atoms with E-state index >= 15 is 0 Å². The van der Waals surface area contributed by atoms with Gasteiger partial charge in [-0.25, -0.2) is 14.4 Å². The normalized spacial score (nSPS) is 17.0. The van der Waals surface area contributed by atoms with Gasteiger partial charge in [-0.05, 0) is 36.2 Å². The minimum atomic E-state index is -0.560. The Kier molecular flexibility index (Phi) is 5.89. The molecule has 0 radical (unpaired) electrons. The van der Waals surface area contributed by atoms with Gasteiger partial charge in [-0.2, -0.15) is 0 Å². The molecule has 2 aliphatic rings. The molecule has 3 heterocycles. The van der Waals surface area contributed by atoms with Gasteiger partial charge in [0.25, 0.3) is 5.91 Å². The van der Waals surface area contributed by atoms with Gasteiger partial charge in [-0.3, -0.25) is 9.59 Å². The fraction of sp³-hybridized carbons (Fsp3) is 0.250. The Balaban J connectivity index is 1.40. The van der Waals surface area contributed by atoms with E-state index in [1.165, 1.54) is 12.1 Å². The third-order valence-electron chi connectivity index (χ3n) is 5.90. The monoisotopic (exact) mass is 481 g/mol. The molecule has 1 saturated heterocycles. The summed E-state index contributed by atoms with van der Waals surface area (Å²) in [5.41, 5.74) is 2.27. The predicted octanol–water partition coefficient (Wildman–Crippen LogP) is 3.06. The van der Waals surface area contributed by atoms with Gasteiger partial charge in [-0.1, -0.05) is 29.8 Å². The SMILES string of the molecule is O=C1NCc2nc(-c3c(F)cccc3Cl)nc(Nc3ccc(CC(=O)N4CC[C@@H](O)C4)cc3)c21. The van der Waals surface area contributed by atoms with Crippen LogP contribution < -0.4 is 10.6 Å². The lowest BCUT2D eigenvalue weighted by molar-refractivity contribution is -0.129. The van der Waals surface area contributed by atoms with Crippen molar-refractivity contribution >= 4 is 34.9 Å². The molecule has 34 heavy (non-hydrogen) atoms. The molecule has 10 heteroatoms. The molecule has 2 aromatic carbocycles. The molecule has 0 unspecified atom stereocenters. The highest BCUT2D eigenvalue weighted by Gasteiger charge is 2.28. The van der Waals surface area contributed by atoms with Crippen LogP contribution in [0.4, 0.5) is 15.9 Å². The summed E-state index contributed by atoms with van der Waals surface area (Å²) >= 11 is 6.20. The zero-order chi connectivity index (χ0) is 23.8. The first-order valence-electron chi connectivity index (χ1n) is 10.8. The van der Waals surface area contributed by atoms with E-state index in [1.54, 1.807) is 23.1 Å². The summed E-state index contributed by atoms with van der Waals surface area (Å²) in [6, 6.07) is 11.5. The van der Waals surface area contributed by atoms with Gasteiger partial charge < -0.3 is 20.6 Å². The highest BCUT2D eigenvalue weighted by Crippen LogP contribution is 2.32. The second-order valence-corrected chi connectivity index (χ2v) is 8.69. The lowest BCUT2D eigenvalue weighted by Gasteiger charge is -2.16. The van der Waals surface area contributed by atoms with E-state index in [0.717, 1.165) is 5.56 Å². The second kappa shape index (κ2) is 9.00. The number of fused-ring (bicyclic) bond motifs is 1. The fourth-order valence-electron chi connectivity index (χ4n) is 4.14. The Morgan fingerprint density at radius 3 is 2.71 bits per heavy atom. The largest absolute Gasteiger partial charge is 0.391 e. The molecule has 0 bridgehead atoms. The molecule has 2 amide bonds. The number of anilines is 2. The van der Waals surface area contributed by atoms with Crippen LogP contribution in [0, 0.1) is 5.82 Å². The first-order chi connectivity index (χ1) is 16.4. The van der Waals surface area contributed by atoms with Crippen LogP contribution in [0.5, 0.6) is 0 Å². The molecule has 8 nitrogen and oxygen atoms in total. The van der Waals surface area contributed by atoms with Crippen molar-refractivity contribution in [3.63, 3.8) is 0 Å². The van der Waals surface area contributed by atoms with Gasteiger partial charge in [0.1, 0.15) is 17.2 Å². The summed E-state index contributed by atoms with van der Waals surface area (Å²) in [7, 11) is 0. The maximum Gasteiger partial charge on any atom is 0.257 e. The van der Waals surface area contributed by atoms with Crippen molar-refractivity contribution in [2.45, 2.75) is 25.5 Å². The van der Waals surface area contributed by atoms with Crippen LogP contribution in [-0.4, -0.2) is 51.0 Å². The smallest absolute Gasteiger partial charge is 0.257 e. The molecule has 0 spiro atoms. The number of β-amino-alcohol motifs (C(OH)–C–C–N with tert-alkyl or cyclic N) is 1. The summed E-state index contributed by atoms with van der Waals surface area (Å²) in [6.45, 7) is 1.14. The number of aliphatic hydroxyl groups excluding tert-OH is 1. The van der Waals surface area contributed by atoms with Crippen molar-refractivity contribution < 1.29 is 19.1 Å². The van der Waals surface area contributed by atoms with E-state index in [4.69, 9.17) is 11.6 Å². The summed E-state index contributed by atoms with van der Waals surface area (Å²) in [6.07, 6.45) is 0.381. The minimum absolute atomic E-state index is 0.0334. The van der Waals surface area contributed by atoms with Crippen LogP contribution in [0.3, 0.4) is 0 Å². The van der Waals surface area contributed by atoms with Gasteiger partial charge in [0, 0.05) is 18.8 Å². The van der Waals surface area contributed by atoms with Crippen LogP contribution in [0.15, 0.2) is 42.5 Å². The number of nitrogens with one attached hydrogen (secondary N) is 2. The molecule has 0 saturated carbocycles. The number of aromatic nitrogens is 2. The van der Waals surface area contributed by atoms with Gasteiger partial charge in [0.2, 0.25) is 5.91 Å². The number of hydrogen-bond acceptors (Lipinski definition) is 6. The molecule has 3 aromatic rings. The van der Waals surface area contributed by atoms with Crippen molar-refractivity contribution in [3.8, 4) is 11.4 Å². The lowest BCUT2D eigenvalue weighted by atomic mass is 10.1. The number of likely N-dealkylation sites (tertiary alicyclic amines) is 1. The maximum atomic E-state index is 14.5. The molecule has 3 N–H and O–H groups in total. The number of aliphatic hydroxyl groups is 1. The van der Waals surface area contributed by atoms with Crippen LogP contribution in [0.25, 0.3) is 11.4 Å². The van der Waals surface area contributed by atoms with E-state index < -0.39 is 11.9 Å². The standard InChI is InChI=1S/C24H21ClFN5O3/c25-16-2-1-3-17(26)20(16)22-29-18-11-27-24(34)21(18)23(30-22)28-14-6-4-13(5-7-14)10-19(33)31-9-8-15(32)12-31/h1-7,15,32H,8-12H2,(H,27,34)(H,28,29,30)/t15-/m1/s1. The van der Waals surface area contributed by atoms with Gasteiger partial charge in [-0.15, -0.1) is 0 Å². The number of hydrogen-bond donors (Lipinski definition) is 3. The van der Waals surface area contributed by atoms with Gasteiger partial charge >= 0.3 is 0 Å². The zero-order valence-electron chi connectivity index (χ0n) is 18.0. The van der Waals surface area contributed by atoms with Crippen molar-refractivity contribution in [1.82, 2.24) is 20.2 Å². The zero-order valence-corrected chi connectivity index (χ0v) is 18.8. The molecule has 1 atom stereocenters. The minimum Gasteiger partial charge on any atom is -0.391 e. The summed E-state index contributed by atoms with van der Waals surface area (Å²) in [4.78, 5) is 35.3. The van der Waals surface area contributed by atoms with Crippen molar-refractivity contribution in [2.75, 3.05) is 18.4 Å². The quantitative estimate of drug-likeness (QED) is 0.517. The summed E-state index contributed by atoms with van der Waals surface area (Å²) in [5, 5.41) is 15.6. The molecule has 0 aliphatic carbocycles. The molecule has 5 rings (SSSR count). The van der Waals surface area contributed by atoms with E-state index in [1.807, 2.05) is 12.1 Å². The van der Waals surface area contributed by atoms with Crippen LogP contribution >= 0.6 is 11.6 Å². The van der Waals surface area contributed by atoms with E-state index in [-0.39, 0.29) is 47.0 Å². The number of rotatable bonds is 5. The van der Waals surface area contributed by atoms with Gasteiger partial charge in [0.05, 0.1) is 35.3 Å². The number of halogens is 2. The van der Waals surface area contributed by atoms with Crippen molar-refractivity contribution in [1.29, 1.82) is 0 Å². The van der Waals surface area contributed by atoms with Crippen LogP contribution in [-0.2, 0) is 17.8 Å². The van der Waals surface area contributed by atoms with Crippen molar-refractivity contribution in [3.05, 3.63) is 70.1 Å². The van der Waals surface area contributed by atoms with E-state index in [9.17, 15) is 19.1 Å². The first kappa shape index (κ1) is 22.2. The second-order valence-electron chi connectivity index (χ2n) is 8.28. The first-order valence-corrected chi connectivity index (χ1v) is 11.2. The van der Waals surface area contributed by atoms with Crippen LogP contribution in [0.1, 0.15) is 28.0 Å². The number of amides is 2. The molecule has 174 valence electrons. The Morgan fingerprint density at radius 2 is 2.00 bits per heavy atom. The number of benzene rings is 2. The Morgan fingerprint density at radius 1 is 1.21 bits per heavy atom. The summed E-state index contributed by atoms with van der Waals surface area (Å²) < 4.78 is 14.5. The highest BCUT2D eigenvalue weighted by molar-refractivity contribution is 6.33. The average molecular weight is 482 g/mol. The molecule has 2 aliphatic heterocycles. The third-order valence-corrected chi connectivity index (χ3v) is 6.22. The maximum absolute atomic E-state index is 14.5. The van der Waals surface area contributed by atoms with Crippen molar-refractivity contribution in [2.24, 2.45) is 0 Å². The van der Waals surface area contributed by atoms with Crippen LogP contribution in [0.2, 0.25) is 5.02 Å². The summed E-state index contributed by atoms with van der Waals surface area (Å²) in [5.74, 6) is -0.594. The number of carbonyl (C=O) groups is 2. The average Bonchev–Trinajstić information content (AvgIpc) is 3.41. The topological polar surface area (TPSA) is 107 Å². The number of nitrogens with zero attached hydrogens (tertiary/aromatic N) is 3. The molecular formula is C24H21ClFN5O3. The molecule has 1 fully saturated rings. The molecular weight excluding hydrogens is 461 g/mol. The highest BCUT2D eigenvalue weighted by atomic mass is 35.5. The molecule has 1 aromatic heterocycles. The van der Waals surface area contributed by atoms with Gasteiger partial charge in [0.15, 0.2) is 5.82 Å². The van der Waals surface area contributed by atoms with E-state index in [2.05, 4.69) is 20.6 Å². The third kappa shape index (κ3) is 4.32. The fourth-order valence-corrected chi connectivity index (χ4v) is 4.38. The number of carbonyl (C=O) groups excluding carboxylic acids is 2. The Labute approximate surface area is 199 Å². The lowest BCUT2D eigenvalue weighted by Crippen LogP contribution is -2.30. The Hall–Kier alpha value is -3.56. The predicted molar refractivity (Wildman–Crippen MR) is 124 cm³/mol. The van der Waals surface area contributed by atoms with E-state index in [0.29, 0.717) is 36.5 Å². The Bertz CT molecular complexity index is 1260.